The van der Waals surface area contributed by atoms with Gasteiger partial charge < -0.3 is 10.6 Å². The first-order valence-corrected chi connectivity index (χ1v) is 7.00. The molecular formula is C13H17BrN2OS. The molecule has 5 heteroatoms. The third-order valence-corrected chi connectivity index (χ3v) is 3.62. The van der Waals surface area contributed by atoms with Gasteiger partial charge >= 0.3 is 0 Å². The molecule has 0 bridgehead atoms. The smallest absolute Gasteiger partial charge is 0.253 e. The van der Waals surface area contributed by atoms with E-state index in [0.29, 0.717) is 23.6 Å². The van der Waals surface area contributed by atoms with Crippen molar-refractivity contribution in [3.8, 4) is 0 Å². The summed E-state index contributed by atoms with van der Waals surface area (Å²) in [5.41, 5.74) is 6.26. The summed E-state index contributed by atoms with van der Waals surface area (Å²) in [6.45, 7) is 5.07. The van der Waals surface area contributed by atoms with Crippen LogP contribution in [0.3, 0.4) is 0 Å². The van der Waals surface area contributed by atoms with Crippen molar-refractivity contribution < 1.29 is 4.79 Å². The molecule has 2 N–H and O–H groups in total. The second kappa shape index (κ2) is 6.85. The van der Waals surface area contributed by atoms with Gasteiger partial charge in [-0.15, -0.1) is 0 Å². The Morgan fingerprint density at radius 2 is 2.22 bits per heavy atom. The predicted octanol–water partition coefficient (Wildman–Crippen LogP) is 2.83. The van der Waals surface area contributed by atoms with Gasteiger partial charge in [-0.25, -0.2) is 0 Å². The van der Waals surface area contributed by atoms with Crippen LogP contribution >= 0.6 is 28.1 Å². The SMILES string of the molecule is CCN(CC(C)C(N)=S)C(=O)c1cccc(Br)c1. The first kappa shape index (κ1) is 15.1. The molecule has 1 amide bonds. The van der Waals surface area contributed by atoms with Crippen LogP contribution in [0.4, 0.5) is 0 Å². The van der Waals surface area contributed by atoms with Crippen molar-refractivity contribution in [1.82, 2.24) is 4.90 Å². The molecule has 1 atom stereocenters. The van der Waals surface area contributed by atoms with E-state index in [1.54, 1.807) is 11.0 Å². The molecule has 1 rings (SSSR count). The fourth-order valence-corrected chi connectivity index (χ4v) is 2.05. The zero-order valence-corrected chi connectivity index (χ0v) is 12.9. The van der Waals surface area contributed by atoms with E-state index in [4.69, 9.17) is 18.0 Å². The van der Waals surface area contributed by atoms with Crippen LogP contribution in [0.5, 0.6) is 0 Å². The molecule has 0 saturated heterocycles. The van der Waals surface area contributed by atoms with Gasteiger partial charge in [0.05, 0.1) is 4.99 Å². The Morgan fingerprint density at radius 1 is 1.56 bits per heavy atom. The third-order valence-electron chi connectivity index (χ3n) is 2.72. The van der Waals surface area contributed by atoms with E-state index in [2.05, 4.69) is 15.9 Å². The molecule has 0 saturated carbocycles. The van der Waals surface area contributed by atoms with E-state index >= 15 is 0 Å². The summed E-state index contributed by atoms with van der Waals surface area (Å²) in [5, 5.41) is 0. The van der Waals surface area contributed by atoms with Crippen molar-refractivity contribution in [2.24, 2.45) is 11.7 Å². The number of amides is 1. The van der Waals surface area contributed by atoms with E-state index in [1.807, 2.05) is 32.0 Å². The van der Waals surface area contributed by atoms with Crippen LogP contribution in [0.2, 0.25) is 0 Å². The molecule has 0 fully saturated rings. The first-order chi connectivity index (χ1) is 8.45. The van der Waals surface area contributed by atoms with E-state index in [-0.39, 0.29) is 11.8 Å². The average Bonchev–Trinajstić information content (AvgIpc) is 2.34. The van der Waals surface area contributed by atoms with Crippen LogP contribution in [-0.2, 0) is 0 Å². The molecule has 0 radical (unpaired) electrons. The summed E-state index contributed by atoms with van der Waals surface area (Å²) < 4.78 is 0.895. The normalized spacial score (nSPS) is 11.9. The highest BCUT2D eigenvalue weighted by Crippen LogP contribution is 2.14. The minimum Gasteiger partial charge on any atom is -0.393 e. The summed E-state index contributed by atoms with van der Waals surface area (Å²) in [6.07, 6.45) is 0. The zero-order chi connectivity index (χ0) is 13.7. The van der Waals surface area contributed by atoms with Gasteiger partial charge in [-0.3, -0.25) is 4.79 Å². The molecule has 18 heavy (non-hydrogen) atoms. The van der Waals surface area contributed by atoms with Crippen LogP contribution in [0.1, 0.15) is 24.2 Å². The lowest BCUT2D eigenvalue weighted by Crippen LogP contribution is -2.38. The molecule has 3 nitrogen and oxygen atoms in total. The Kier molecular flexibility index (Phi) is 5.75. The number of carbonyl (C=O) groups excluding carboxylic acids is 1. The van der Waals surface area contributed by atoms with Gasteiger partial charge in [0.25, 0.3) is 5.91 Å². The van der Waals surface area contributed by atoms with Crippen molar-refractivity contribution in [3.63, 3.8) is 0 Å². The van der Waals surface area contributed by atoms with Crippen LogP contribution in [0.25, 0.3) is 0 Å². The van der Waals surface area contributed by atoms with Crippen LogP contribution in [-0.4, -0.2) is 28.9 Å². The molecule has 0 aliphatic carbocycles. The fraction of sp³-hybridized carbons (Fsp3) is 0.385. The molecule has 0 aliphatic heterocycles. The Labute approximate surface area is 121 Å². The van der Waals surface area contributed by atoms with Gasteiger partial charge in [0.15, 0.2) is 0 Å². The van der Waals surface area contributed by atoms with E-state index in [1.165, 1.54) is 0 Å². The molecule has 1 aromatic carbocycles. The van der Waals surface area contributed by atoms with Crippen LogP contribution < -0.4 is 5.73 Å². The Morgan fingerprint density at radius 3 is 2.72 bits per heavy atom. The number of thiocarbonyl (C=S) groups is 1. The standard InChI is InChI=1S/C13H17BrN2OS/c1-3-16(8-9(2)12(15)18)13(17)10-5-4-6-11(14)7-10/h4-7,9H,3,8H2,1-2H3,(H2,15,18). The monoisotopic (exact) mass is 328 g/mol. The number of rotatable bonds is 5. The van der Waals surface area contributed by atoms with Crippen molar-refractivity contribution in [3.05, 3.63) is 34.3 Å². The number of benzene rings is 1. The fourth-order valence-electron chi connectivity index (χ4n) is 1.58. The molecule has 0 spiro atoms. The topological polar surface area (TPSA) is 46.3 Å². The predicted molar refractivity (Wildman–Crippen MR) is 81.7 cm³/mol. The highest BCUT2D eigenvalue weighted by Gasteiger charge is 2.17. The highest BCUT2D eigenvalue weighted by molar-refractivity contribution is 9.10. The van der Waals surface area contributed by atoms with Gasteiger partial charge in [0.1, 0.15) is 0 Å². The summed E-state index contributed by atoms with van der Waals surface area (Å²) in [4.78, 5) is 14.5. The molecule has 1 unspecified atom stereocenters. The van der Waals surface area contributed by atoms with Gasteiger partial charge in [0.2, 0.25) is 0 Å². The lowest BCUT2D eigenvalue weighted by atomic mass is 10.1. The second-order valence-corrected chi connectivity index (χ2v) is 5.54. The molecule has 0 aromatic heterocycles. The van der Waals surface area contributed by atoms with E-state index in [0.717, 1.165) is 4.47 Å². The van der Waals surface area contributed by atoms with Gasteiger partial charge in [-0.05, 0) is 25.1 Å². The van der Waals surface area contributed by atoms with Crippen molar-refractivity contribution in [2.75, 3.05) is 13.1 Å². The minimum atomic E-state index is 0.00176. The zero-order valence-electron chi connectivity index (χ0n) is 10.5. The number of hydrogen-bond acceptors (Lipinski definition) is 2. The molecule has 0 aliphatic rings. The molecule has 98 valence electrons. The molecular weight excluding hydrogens is 312 g/mol. The lowest BCUT2D eigenvalue weighted by molar-refractivity contribution is 0.0755. The van der Waals surface area contributed by atoms with Gasteiger partial charge in [-0.2, -0.15) is 0 Å². The summed E-state index contributed by atoms with van der Waals surface area (Å²) in [7, 11) is 0. The van der Waals surface area contributed by atoms with Crippen molar-refractivity contribution in [1.29, 1.82) is 0 Å². The third kappa shape index (κ3) is 4.07. The summed E-state index contributed by atoms with van der Waals surface area (Å²) >= 11 is 8.30. The number of nitrogens with two attached hydrogens (primary N) is 1. The van der Waals surface area contributed by atoms with Gasteiger partial charge in [-0.1, -0.05) is 41.1 Å². The quantitative estimate of drug-likeness (QED) is 0.845. The number of nitrogens with zero attached hydrogens (tertiary/aromatic N) is 1. The van der Waals surface area contributed by atoms with Crippen LogP contribution in [0.15, 0.2) is 28.7 Å². The largest absolute Gasteiger partial charge is 0.393 e. The van der Waals surface area contributed by atoms with Crippen molar-refractivity contribution in [2.45, 2.75) is 13.8 Å². The van der Waals surface area contributed by atoms with Crippen LogP contribution in [0, 0.1) is 5.92 Å². The first-order valence-electron chi connectivity index (χ1n) is 5.79. The second-order valence-electron chi connectivity index (χ2n) is 4.16. The Bertz CT molecular complexity index is 450. The van der Waals surface area contributed by atoms with E-state index < -0.39 is 0 Å². The Hall–Kier alpha value is -0.940. The highest BCUT2D eigenvalue weighted by atomic mass is 79.9. The molecule has 0 heterocycles. The number of halogens is 1. The summed E-state index contributed by atoms with van der Waals surface area (Å²) in [6, 6.07) is 7.37. The number of hydrogen-bond donors (Lipinski definition) is 1. The van der Waals surface area contributed by atoms with Gasteiger partial charge in [0, 0.05) is 29.0 Å². The van der Waals surface area contributed by atoms with E-state index in [9.17, 15) is 4.79 Å². The maximum absolute atomic E-state index is 12.3. The number of carbonyl (C=O) groups is 1. The molecule has 1 aromatic rings. The Balaban J connectivity index is 2.82. The summed E-state index contributed by atoms with van der Waals surface area (Å²) in [5.74, 6) is 0.0259. The maximum atomic E-state index is 12.3. The van der Waals surface area contributed by atoms with Crippen molar-refractivity contribution >= 4 is 39.0 Å². The minimum absolute atomic E-state index is 0.00176. The maximum Gasteiger partial charge on any atom is 0.253 e. The lowest BCUT2D eigenvalue weighted by Gasteiger charge is -2.24. The average molecular weight is 329 g/mol.